The quantitative estimate of drug-likeness (QED) is 0.336. The molecule has 5 aromatic rings. The Kier molecular flexibility index (Phi) is 5.26. The van der Waals surface area contributed by atoms with E-state index in [-0.39, 0.29) is 15.9 Å². The van der Waals surface area contributed by atoms with Gasteiger partial charge in [-0.2, -0.15) is 0 Å². The molecule has 0 fully saturated rings. The Bertz CT molecular complexity index is 1790. The molecule has 2 aromatic heterocycles. The predicted molar refractivity (Wildman–Crippen MR) is 133 cm³/mol. The first-order valence-corrected chi connectivity index (χ1v) is 12.0. The van der Waals surface area contributed by atoms with Crippen molar-refractivity contribution >= 4 is 22.7 Å². The van der Waals surface area contributed by atoms with Gasteiger partial charge in [-0.05, 0) is 60.9 Å². The van der Waals surface area contributed by atoms with Crippen LogP contribution in [0.3, 0.4) is 0 Å². The molecule has 3 aromatic carbocycles. The van der Waals surface area contributed by atoms with Gasteiger partial charge >= 0.3 is 5.63 Å². The molecule has 178 valence electrons. The predicted octanol–water partition coefficient (Wildman–Crippen LogP) is 5.84. The summed E-state index contributed by atoms with van der Waals surface area (Å²) in [6, 6.07) is 18.6. The number of hydrogen-bond acceptors (Lipinski definition) is 5. The average Bonchev–Trinajstić information content (AvgIpc) is 2.87. The van der Waals surface area contributed by atoms with E-state index in [2.05, 4.69) is 0 Å². The fourth-order valence-corrected chi connectivity index (χ4v) is 5.57. The second-order valence-electron chi connectivity index (χ2n) is 8.43. The van der Waals surface area contributed by atoms with Gasteiger partial charge in [0.1, 0.15) is 21.9 Å². The largest absolute Gasteiger partial charge is 0.505 e. The van der Waals surface area contributed by atoms with E-state index in [0.717, 1.165) is 22.9 Å². The van der Waals surface area contributed by atoms with E-state index in [9.17, 15) is 23.5 Å². The van der Waals surface area contributed by atoms with Gasteiger partial charge in [-0.3, -0.25) is 9.36 Å². The zero-order valence-corrected chi connectivity index (χ0v) is 19.4. The number of pyridine rings is 1. The van der Waals surface area contributed by atoms with Crippen molar-refractivity contribution in [2.24, 2.45) is 0 Å². The Morgan fingerprint density at radius 2 is 1.67 bits per heavy atom. The van der Waals surface area contributed by atoms with E-state index in [1.54, 1.807) is 6.07 Å². The van der Waals surface area contributed by atoms with Crippen LogP contribution >= 0.6 is 11.8 Å². The summed E-state index contributed by atoms with van der Waals surface area (Å²) >= 11 is 0.814. The van der Waals surface area contributed by atoms with Crippen molar-refractivity contribution in [2.75, 3.05) is 0 Å². The Hall–Kier alpha value is -4.17. The molecule has 0 bridgehead atoms. The lowest BCUT2D eigenvalue weighted by Gasteiger charge is -2.25. The Labute approximate surface area is 207 Å². The standard InChI is InChI=1S/C28H17F2NO4S/c29-16-9-11-18(12-10-16)31-23-20-7-2-1-4-15(20)8-13-21(23)25-22(27(31)33)24(32)26(28(34)35-25)36-19-6-3-5-17(30)14-19/h1-7,9-12,14,32H,8,13H2. The molecule has 0 amide bonds. The smallest absolute Gasteiger partial charge is 0.354 e. The van der Waals surface area contributed by atoms with E-state index < -0.39 is 28.6 Å². The highest BCUT2D eigenvalue weighted by atomic mass is 32.2. The molecule has 1 aliphatic carbocycles. The lowest BCUT2D eigenvalue weighted by atomic mass is 9.87. The number of benzene rings is 3. The topological polar surface area (TPSA) is 72.4 Å². The van der Waals surface area contributed by atoms with Gasteiger partial charge in [0.25, 0.3) is 5.56 Å². The molecule has 0 atom stereocenters. The van der Waals surface area contributed by atoms with Crippen LogP contribution in [0, 0.1) is 11.6 Å². The third-order valence-electron chi connectivity index (χ3n) is 6.28. The fourth-order valence-electron chi connectivity index (χ4n) is 4.69. The van der Waals surface area contributed by atoms with Crippen molar-refractivity contribution in [3.05, 3.63) is 116 Å². The van der Waals surface area contributed by atoms with Crippen molar-refractivity contribution in [1.29, 1.82) is 0 Å². The van der Waals surface area contributed by atoms with Crippen molar-refractivity contribution in [1.82, 2.24) is 4.57 Å². The molecule has 36 heavy (non-hydrogen) atoms. The lowest BCUT2D eigenvalue weighted by Crippen LogP contribution is -2.25. The van der Waals surface area contributed by atoms with Crippen molar-refractivity contribution in [3.8, 4) is 22.7 Å². The molecule has 0 aliphatic heterocycles. The van der Waals surface area contributed by atoms with E-state index in [0.29, 0.717) is 34.7 Å². The van der Waals surface area contributed by atoms with Crippen LogP contribution in [0.15, 0.2) is 96.6 Å². The summed E-state index contributed by atoms with van der Waals surface area (Å²) in [4.78, 5) is 27.1. The molecule has 2 heterocycles. The number of aromatic hydroxyl groups is 1. The molecule has 5 nitrogen and oxygen atoms in total. The third-order valence-corrected chi connectivity index (χ3v) is 7.33. The molecule has 1 N–H and O–H groups in total. The van der Waals surface area contributed by atoms with E-state index >= 15 is 0 Å². The number of aromatic nitrogens is 1. The first-order chi connectivity index (χ1) is 17.4. The van der Waals surface area contributed by atoms with Crippen LogP contribution in [0.5, 0.6) is 5.75 Å². The molecule has 6 rings (SSSR count). The summed E-state index contributed by atoms with van der Waals surface area (Å²) in [5.74, 6) is -1.49. The Morgan fingerprint density at radius 1 is 0.889 bits per heavy atom. The maximum absolute atomic E-state index is 14.0. The zero-order chi connectivity index (χ0) is 25.0. The first kappa shape index (κ1) is 22.3. The average molecular weight is 502 g/mol. The first-order valence-electron chi connectivity index (χ1n) is 11.2. The number of rotatable bonds is 3. The molecular formula is C28H17F2NO4S. The normalized spacial score (nSPS) is 12.4. The molecule has 8 heteroatoms. The number of fused-ring (bicyclic) bond motifs is 5. The van der Waals surface area contributed by atoms with E-state index in [4.69, 9.17) is 4.42 Å². The minimum Gasteiger partial charge on any atom is -0.505 e. The number of aryl methyl sites for hydroxylation is 2. The summed E-state index contributed by atoms with van der Waals surface area (Å²) in [6.45, 7) is 0. The van der Waals surface area contributed by atoms with Gasteiger partial charge in [0, 0.05) is 21.7 Å². The highest BCUT2D eigenvalue weighted by Gasteiger charge is 2.29. The SMILES string of the molecule is O=c1oc2c3c(n(-c4ccc(F)cc4)c(=O)c2c(O)c1Sc1cccc(F)c1)-c1ccccc1CC3. The second kappa shape index (κ2) is 8.49. The van der Waals surface area contributed by atoms with Crippen LogP contribution in [-0.2, 0) is 12.8 Å². The lowest BCUT2D eigenvalue weighted by molar-refractivity contribution is 0.445. The summed E-state index contributed by atoms with van der Waals surface area (Å²) in [6.07, 6.45) is 1.10. The molecular weight excluding hydrogens is 484 g/mol. The van der Waals surface area contributed by atoms with Gasteiger partial charge in [0.05, 0.1) is 5.69 Å². The van der Waals surface area contributed by atoms with E-state index in [1.165, 1.54) is 47.0 Å². The van der Waals surface area contributed by atoms with Crippen LogP contribution in [0.2, 0.25) is 0 Å². The molecule has 0 saturated carbocycles. The van der Waals surface area contributed by atoms with Crippen molar-refractivity contribution < 1.29 is 18.3 Å². The van der Waals surface area contributed by atoms with Gasteiger partial charge in [-0.15, -0.1) is 0 Å². The molecule has 0 saturated heterocycles. The van der Waals surface area contributed by atoms with Gasteiger partial charge in [-0.1, -0.05) is 42.1 Å². The van der Waals surface area contributed by atoms with Gasteiger partial charge < -0.3 is 9.52 Å². The van der Waals surface area contributed by atoms with Crippen LogP contribution in [0.1, 0.15) is 11.1 Å². The maximum atomic E-state index is 14.0. The van der Waals surface area contributed by atoms with E-state index in [1.807, 2.05) is 24.3 Å². The summed E-state index contributed by atoms with van der Waals surface area (Å²) < 4.78 is 34.5. The van der Waals surface area contributed by atoms with Gasteiger partial charge in [0.15, 0.2) is 11.3 Å². The Balaban J connectivity index is 1.70. The number of nitrogens with zero attached hydrogens (tertiary/aromatic N) is 1. The third kappa shape index (κ3) is 3.53. The molecule has 0 unspecified atom stereocenters. The maximum Gasteiger partial charge on any atom is 0.354 e. The van der Waals surface area contributed by atoms with Crippen LogP contribution in [0.25, 0.3) is 27.9 Å². The van der Waals surface area contributed by atoms with Crippen LogP contribution in [-0.4, -0.2) is 9.67 Å². The Morgan fingerprint density at radius 3 is 2.44 bits per heavy atom. The van der Waals surface area contributed by atoms with Crippen molar-refractivity contribution in [2.45, 2.75) is 22.6 Å². The van der Waals surface area contributed by atoms with Crippen molar-refractivity contribution in [3.63, 3.8) is 0 Å². The van der Waals surface area contributed by atoms with Gasteiger partial charge in [-0.25, -0.2) is 13.6 Å². The highest BCUT2D eigenvalue weighted by molar-refractivity contribution is 7.99. The summed E-state index contributed by atoms with van der Waals surface area (Å²) in [5.41, 5.74) is 1.93. The molecule has 0 spiro atoms. The molecule has 1 aliphatic rings. The fraction of sp³-hybridized carbons (Fsp3) is 0.0714. The minimum absolute atomic E-state index is 0.0222. The number of halogens is 2. The highest BCUT2D eigenvalue weighted by Crippen LogP contribution is 2.41. The molecule has 0 radical (unpaired) electrons. The summed E-state index contributed by atoms with van der Waals surface area (Å²) in [5, 5.41) is 11.0. The second-order valence-corrected chi connectivity index (χ2v) is 9.52. The summed E-state index contributed by atoms with van der Waals surface area (Å²) in [7, 11) is 0. The minimum atomic E-state index is -0.825. The monoisotopic (exact) mass is 501 g/mol. The zero-order valence-electron chi connectivity index (χ0n) is 18.6. The number of hydrogen-bond donors (Lipinski definition) is 1. The van der Waals surface area contributed by atoms with Crippen LogP contribution in [0.4, 0.5) is 8.78 Å². The van der Waals surface area contributed by atoms with Crippen LogP contribution < -0.4 is 11.2 Å². The van der Waals surface area contributed by atoms with Gasteiger partial charge in [0.2, 0.25) is 0 Å².